The molecule has 92 valence electrons. The predicted molar refractivity (Wildman–Crippen MR) is 73.4 cm³/mol. The van der Waals surface area contributed by atoms with Crippen LogP contribution in [0, 0.1) is 0 Å². The van der Waals surface area contributed by atoms with Crippen LogP contribution >= 0.6 is 0 Å². The second-order valence-corrected chi connectivity index (χ2v) is 5.06. The molecule has 0 aliphatic heterocycles. The SMILES string of the molecule is CCCc1ccc(-c2ccc(C3CC3)nn2)cc1. The summed E-state index contributed by atoms with van der Waals surface area (Å²) >= 11 is 0. The van der Waals surface area contributed by atoms with Crippen molar-refractivity contribution in [1.82, 2.24) is 10.2 Å². The minimum atomic E-state index is 0.679. The van der Waals surface area contributed by atoms with Crippen LogP contribution < -0.4 is 0 Å². The molecule has 0 saturated heterocycles. The van der Waals surface area contributed by atoms with Gasteiger partial charge in [0.25, 0.3) is 0 Å². The van der Waals surface area contributed by atoms with Gasteiger partial charge in [-0.25, -0.2) is 0 Å². The first-order valence-electron chi connectivity index (χ1n) is 6.80. The molecule has 18 heavy (non-hydrogen) atoms. The van der Waals surface area contributed by atoms with E-state index in [9.17, 15) is 0 Å². The van der Waals surface area contributed by atoms with Gasteiger partial charge in [0.15, 0.2) is 0 Å². The molecule has 0 bridgehead atoms. The summed E-state index contributed by atoms with van der Waals surface area (Å²) in [5, 5.41) is 8.66. The Kier molecular flexibility index (Phi) is 3.09. The van der Waals surface area contributed by atoms with Crippen molar-refractivity contribution in [2.45, 2.75) is 38.5 Å². The van der Waals surface area contributed by atoms with Crippen LogP contribution in [0.2, 0.25) is 0 Å². The summed E-state index contributed by atoms with van der Waals surface area (Å²) in [4.78, 5) is 0. The summed E-state index contributed by atoms with van der Waals surface area (Å²) in [7, 11) is 0. The van der Waals surface area contributed by atoms with Crippen molar-refractivity contribution in [2.24, 2.45) is 0 Å². The highest BCUT2D eigenvalue weighted by Crippen LogP contribution is 2.38. The second-order valence-electron chi connectivity index (χ2n) is 5.06. The van der Waals surface area contributed by atoms with E-state index in [1.54, 1.807) is 0 Å². The highest BCUT2D eigenvalue weighted by atomic mass is 15.1. The maximum atomic E-state index is 4.34. The lowest BCUT2D eigenvalue weighted by Gasteiger charge is -2.03. The lowest BCUT2D eigenvalue weighted by atomic mass is 10.1. The summed E-state index contributed by atoms with van der Waals surface area (Å²) in [6.07, 6.45) is 4.89. The van der Waals surface area contributed by atoms with E-state index in [1.165, 1.54) is 24.8 Å². The Bertz CT molecular complexity index is 510. The summed E-state index contributed by atoms with van der Waals surface area (Å²) < 4.78 is 0. The molecule has 1 fully saturated rings. The molecule has 0 atom stereocenters. The molecule has 2 aromatic rings. The zero-order valence-electron chi connectivity index (χ0n) is 10.8. The zero-order valence-corrected chi connectivity index (χ0v) is 10.8. The van der Waals surface area contributed by atoms with Crippen LogP contribution in [-0.2, 0) is 6.42 Å². The van der Waals surface area contributed by atoms with Gasteiger partial charge < -0.3 is 0 Å². The largest absolute Gasteiger partial charge is 0.155 e. The molecule has 1 aromatic carbocycles. The van der Waals surface area contributed by atoms with Crippen molar-refractivity contribution in [2.75, 3.05) is 0 Å². The molecule has 1 aliphatic carbocycles. The van der Waals surface area contributed by atoms with E-state index in [0.29, 0.717) is 5.92 Å². The number of rotatable bonds is 4. The van der Waals surface area contributed by atoms with Gasteiger partial charge in [-0.1, -0.05) is 37.6 Å². The molecule has 1 aromatic heterocycles. The molecule has 0 radical (unpaired) electrons. The Hall–Kier alpha value is -1.70. The van der Waals surface area contributed by atoms with E-state index >= 15 is 0 Å². The highest BCUT2D eigenvalue weighted by Gasteiger charge is 2.25. The first kappa shape index (κ1) is 11.4. The van der Waals surface area contributed by atoms with Crippen LogP contribution in [0.4, 0.5) is 0 Å². The van der Waals surface area contributed by atoms with Crippen LogP contribution in [0.25, 0.3) is 11.3 Å². The summed E-state index contributed by atoms with van der Waals surface area (Å²) in [5.41, 5.74) is 4.68. The van der Waals surface area contributed by atoms with E-state index in [4.69, 9.17) is 0 Å². The van der Waals surface area contributed by atoms with Crippen molar-refractivity contribution in [1.29, 1.82) is 0 Å². The summed E-state index contributed by atoms with van der Waals surface area (Å²) in [6.45, 7) is 2.20. The second kappa shape index (κ2) is 4.89. The number of hydrogen-bond acceptors (Lipinski definition) is 2. The number of aromatic nitrogens is 2. The maximum Gasteiger partial charge on any atom is 0.0929 e. The first-order valence-corrected chi connectivity index (χ1v) is 6.80. The molecule has 1 heterocycles. The van der Waals surface area contributed by atoms with E-state index in [0.717, 1.165) is 23.4 Å². The van der Waals surface area contributed by atoms with Gasteiger partial charge in [0.1, 0.15) is 0 Å². The Morgan fingerprint density at radius 1 is 1.00 bits per heavy atom. The fourth-order valence-corrected chi connectivity index (χ4v) is 2.22. The molecular weight excluding hydrogens is 220 g/mol. The number of nitrogens with zero attached hydrogens (tertiary/aromatic N) is 2. The third-order valence-corrected chi connectivity index (χ3v) is 3.47. The van der Waals surface area contributed by atoms with E-state index in [2.05, 4.69) is 53.5 Å². The Morgan fingerprint density at radius 3 is 2.33 bits per heavy atom. The molecule has 1 saturated carbocycles. The Morgan fingerprint density at radius 2 is 1.78 bits per heavy atom. The lowest BCUT2D eigenvalue weighted by Crippen LogP contribution is -1.92. The average Bonchev–Trinajstić information content (AvgIpc) is 3.25. The average molecular weight is 238 g/mol. The zero-order chi connectivity index (χ0) is 12.4. The minimum Gasteiger partial charge on any atom is -0.155 e. The fourth-order valence-electron chi connectivity index (χ4n) is 2.22. The van der Waals surface area contributed by atoms with Gasteiger partial charge in [-0.05, 0) is 37.0 Å². The van der Waals surface area contributed by atoms with E-state index in [1.807, 2.05) is 0 Å². The third kappa shape index (κ3) is 2.42. The first-order chi connectivity index (χ1) is 8.86. The van der Waals surface area contributed by atoms with Crippen molar-refractivity contribution >= 4 is 0 Å². The molecule has 3 rings (SSSR count). The minimum absolute atomic E-state index is 0.679. The predicted octanol–water partition coefficient (Wildman–Crippen LogP) is 3.97. The van der Waals surface area contributed by atoms with Crippen molar-refractivity contribution in [3.05, 3.63) is 47.7 Å². The standard InChI is InChI=1S/C16H18N2/c1-2-3-12-4-6-13(7-5-12)15-10-11-16(18-17-15)14-8-9-14/h4-7,10-11,14H,2-3,8-9H2,1H3. The quantitative estimate of drug-likeness (QED) is 0.805. The van der Waals surface area contributed by atoms with Crippen LogP contribution in [0.15, 0.2) is 36.4 Å². The summed E-state index contributed by atoms with van der Waals surface area (Å²) in [6, 6.07) is 12.9. The molecule has 0 unspecified atom stereocenters. The monoisotopic (exact) mass is 238 g/mol. The Labute approximate surface area is 108 Å². The topological polar surface area (TPSA) is 25.8 Å². The van der Waals surface area contributed by atoms with Gasteiger partial charge in [-0.2, -0.15) is 10.2 Å². The highest BCUT2D eigenvalue weighted by molar-refractivity contribution is 5.58. The maximum absolute atomic E-state index is 4.34. The Balaban J connectivity index is 1.80. The van der Waals surface area contributed by atoms with Gasteiger partial charge in [-0.15, -0.1) is 0 Å². The van der Waals surface area contributed by atoms with E-state index < -0.39 is 0 Å². The van der Waals surface area contributed by atoms with Gasteiger partial charge in [-0.3, -0.25) is 0 Å². The van der Waals surface area contributed by atoms with Gasteiger partial charge in [0, 0.05) is 11.5 Å². The van der Waals surface area contributed by atoms with Crippen molar-refractivity contribution in [3.63, 3.8) is 0 Å². The lowest BCUT2D eigenvalue weighted by molar-refractivity contribution is 0.912. The van der Waals surface area contributed by atoms with Crippen LogP contribution in [0.5, 0.6) is 0 Å². The van der Waals surface area contributed by atoms with Crippen LogP contribution in [0.1, 0.15) is 43.4 Å². The molecule has 0 amide bonds. The normalized spacial score (nSPS) is 14.7. The molecular formula is C16H18N2. The summed E-state index contributed by atoms with van der Waals surface area (Å²) in [5.74, 6) is 0.679. The number of hydrogen-bond donors (Lipinski definition) is 0. The molecule has 0 N–H and O–H groups in total. The third-order valence-electron chi connectivity index (χ3n) is 3.47. The number of benzene rings is 1. The molecule has 1 aliphatic rings. The smallest absolute Gasteiger partial charge is 0.0929 e. The van der Waals surface area contributed by atoms with Gasteiger partial charge >= 0.3 is 0 Å². The number of aryl methyl sites for hydroxylation is 1. The van der Waals surface area contributed by atoms with Gasteiger partial charge in [0.2, 0.25) is 0 Å². The van der Waals surface area contributed by atoms with Crippen molar-refractivity contribution < 1.29 is 0 Å². The fraction of sp³-hybridized carbons (Fsp3) is 0.375. The molecule has 2 nitrogen and oxygen atoms in total. The van der Waals surface area contributed by atoms with Crippen molar-refractivity contribution in [3.8, 4) is 11.3 Å². The van der Waals surface area contributed by atoms with Crippen LogP contribution in [0.3, 0.4) is 0 Å². The van der Waals surface area contributed by atoms with E-state index in [-0.39, 0.29) is 0 Å². The molecule has 2 heteroatoms. The molecule has 0 spiro atoms. The van der Waals surface area contributed by atoms with Crippen LogP contribution in [-0.4, -0.2) is 10.2 Å². The van der Waals surface area contributed by atoms with Gasteiger partial charge in [0.05, 0.1) is 11.4 Å².